The van der Waals surface area contributed by atoms with Gasteiger partial charge >= 0.3 is 0 Å². The van der Waals surface area contributed by atoms with Crippen LogP contribution in [0.1, 0.15) is 30.9 Å². The van der Waals surface area contributed by atoms with Crippen LogP contribution < -0.4 is 5.73 Å². The van der Waals surface area contributed by atoms with Gasteiger partial charge in [-0.1, -0.05) is 15.9 Å². The van der Waals surface area contributed by atoms with E-state index in [4.69, 9.17) is 15.2 Å². The zero-order chi connectivity index (χ0) is 14.2. The van der Waals surface area contributed by atoms with Crippen molar-refractivity contribution in [2.45, 2.75) is 30.9 Å². The third kappa shape index (κ3) is 3.06. The second-order valence-electron chi connectivity index (χ2n) is 5.78. The molecule has 3 unspecified atom stereocenters. The van der Waals surface area contributed by atoms with E-state index < -0.39 is 0 Å². The predicted molar refractivity (Wildman–Crippen MR) is 90.6 cm³/mol. The number of hydrogen-bond donors (Lipinski definition) is 1. The largest absolute Gasteiger partial charge is 0.378 e. The molecular weight excluding hydrogens is 433 g/mol. The van der Waals surface area contributed by atoms with Crippen molar-refractivity contribution in [2.24, 2.45) is 11.7 Å². The maximum Gasteiger partial charge on any atom is 0.0940 e. The molecule has 2 aliphatic rings. The van der Waals surface area contributed by atoms with Crippen LogP contribution >= 0.6 is 38.5 Å². The number of halogens is 2. The van der Waals surface area contributed by atoms with Crippen LogP contribution in [0.4, 0.5) is 0 Å². The molecule has 110 valence electrons. The van der Waals surface area contributed by atoms with E-state index in [0.717, 1.165) is 43.6 Å². The maximum atomic E-state index is 6.57. The van der Waals surface area contributed by atoms with Crippen LogP contribution in [0.25, 0.3) is 0 Å². The van der Waals surface area contributed by atoms with Gasteiger partial charge in [0.1, 0.15) is 0 Å². The molecule has 0 saturated carbocycles. The lowest BCUT2D eigenvalue weighted by Crippen LogP contribution is -2.43. The predicted octanol–water partition coefficient (Wildman–Crippen LogP) is 3.64. The molecule has 1 aromatic rings. The van der Waals surface area contributed by atoms with Crippen molar-refractivity contribution in [3.63, 3.8) is 0 Å². The number of hydrogen-bond acceptors (Lipinski definition) is 3. The molecule has 20 heavy (non-hydrogen) atoms. The first-order chi connectivity index (χ1) is 9.60. The third-order valence-electron chi connectivity index (χ3n) is 4.42. The van der Waals surface area contributed by atoms with E-state index in [9.17, 15) is 0 Å². The van der Waals surface area contributed by atoms with E-state index in [0.29, 0.717) is 5.92 Å². The average Bonchev–Trinajstić information content (AvgIpc) is 2.88. The monoisotopic (exact) mass is 451 g/mol. The minimum atomic E-state index is -0.0714. The molecule has 0 radical (unpaired) electrons. The quantitative estimate of drug-likeness (QED) is 0.698. The molecule has 0 aliphatic carbocycles. The van der Waals surface area contributed by atoms with Gasteiger partial charge in [-0.2, -0.15) is 0 Å². The number of nitrogens with two attached hydrogens (primary N) is 1. The Hall–Kier alpha value is 0.310. The van der Waals surface area contributed by atoms with E-state index in [1.54, 1.807) is 0 Å². The second-order valence-corrected chi connectivity index (χ2v) is 7.86. The zero-order valence-electron chi connectivity index (χ0n) is 11.3. The third-order valence-corrected chi connectivity index (χ3v) is 5.90. The second kappa shape index (κ2) is 6.20. The topological polar surface area (TPSA) is 44.5 Å². The summed E-state index contributed by atoms with van der Waals surface area (Å²) in [5.74, 6) is 0.466. The summed E-state index contributed by atoms with van der Waals surface area (Å²) in [6.07, 6.45) is 3.05. The van der Waals surface area contributed by atoms with Crippen LogP contribution in [-0.4, -0.2) is 25.4 Å². The van der Waals surface area contributed by atoms with E-state index in [1.807, 2.05) is 0 Å². The molecule has 3 nitrogen and oxygen atoms in total. The average molecular weight is 452 g/mol. The van der Waals surface area contributed by atoms with Crippen molar-refractivity contribution in [3.05, 3.63) is 31.8 Å². The Balaban J connectivity index is 1.79. The van der Waals surface area contributed by atoms with Crippen molar-refractivity contribution >= 4 is 38.5 Å². The molecule has 3 atom stereocenters. The Kier molecular flexibility index (Phi) is 4.72. The number of benzene rings is 1. The van der Waals surface area contributed by atoms with Gasteiger partial charge in [0.15, 0.2) is 0 Å². The van der Waals surface area contributed by atoms with Gasteiger partial charge in [-0.25, -0.2) is 0 Å². The first-order valence-electron chi connectivity index (χ1n) is 7.02. The standard InChI is InChI=1S/C15H19BrINO2/c16-11-1-2-13(17)12(7-11)14(18)10-3-5-20-15(8-10)4-6-19-9-15/h1-2,7,10,14H,3-6,8-9,18H2. The van der Waals surface area contributed by atoms with Crippen molar-refractivity contribution in [1.29, 1.82) is 0 Å². The molecule has 2 N–H and O–H groups in total. The van der Waals surface area contributed by atoms with Gasteiger partial charge in [0.2, 0.25) is 0 Å². The van der Waals surface area contributed by atoms with Crippen LogP contribution in [-0.2, 0) is 9.47 Å². The molecule has 2 heterocycles. The summed E-state index contributed by atoms with van der Waals surface area (Å²) in [7, 11) is 0. The molecule has 0 aromatic heterocycles. The van der Waals surface area contributed by atoms with E-state index in [1.165, 1.54) is 9.13 Å². The molecule has 2 fully saturated rings. The zero-order valence-corrected chi connectivity index (χ0v) is 15.0. The fraction of sp³-hybridized carbons (Fsp3) is 0.600. The fourth-order valence-electron chi connectivity index (χ4n) is 3.26. The minimum absolute atomic E-state index is 0.0702. The Labute approximate surface area is 141 Å². The first-order valence-corrected chi connectivity index (χ1v) is 8.89. The van der Waals surface area contributed by atoms with Crippen LogP contribution in [0.3, 0.4) is 0 Å². The Bertz CT molecular complexity index is 491. The highest BCUT2D eigenvalue weighted by molar-refractivity contribution is 14.1. The lowest BCUT2D eigenvalue weighted by Gasteiger charge is -2.39. The Morgan fingerprint density at radius 1 is 1.40 bits per heavy atom. The highest BCUT2D eigenvalue weighted by Crippen LogP contribution is 2.41. The molecule has 0 bridgehead atoms. The summed E-state index contributed by atoms with van der Waals surface area (Å²) >= 11 is 5.92. The van der Waals surface area contributed by atoms with Crippen LogP contribution in [0.15, 0.2) is 22.7 Å². The maximum absolute atomic E-state index is 6.57. The number of rotatable bonds is 2. The molecular formula is C15H19BrINO2. The Morgan fingerprint density at radius 2 is 2.25 bits per heavy atom. The summed E-state index contributed by atoms with van der Waals surface area (Å²) in [5, 5.41) is 0. The van der Waals surface area contributed by atoms with E-state index >= 15 is 0 Å². The molecule has 2 aliphatic heterocycles. The molecule has 1 aromatic carbocycles. The van der Waals surface area contributed by atoms with Gasteiger partial charge in [0, 0.05) is 33.7 Å². The summed E-state index contributed by atoms with van der Waals surface area (Å²) in [4.78, 5) is 0. The molecule has 1 spiro atoms. The van der Waals surface area contributed by atoms with Crippen molar-refractivity contribution < 1.29 is 9.47 Å². The highest BCUT2D eigenvalue weighted by atomic mass is 127. The van der Waals surface area contributed by atoms with Crippen molar-refractivity contribution in [3.8, 4) is 0 Å². The van der Waals surface area contributed by atoms with Crippen LogP contribution in [0.2, 0.25) is 0 Å². The first kappa shape index (κ1) is 15.2. The summed E-state index contributed by atoms with van der Waals surface area (Å²) < 4.78 is 13.9. The molecule has 0 amide bonds. The van der Waals surface area contributed by atoms with Crippen molar-refractivity contribution in [2.75, 3.05) is 19.8 Å². The smallest absolute Gasteiger partial charge is 0.0940 e. The lowest BCUT2D eigenvalue weighted by atomic mass is 9.79. The van der Waals surface area contributed by atoms with Crippen LogP contribution in [0, 0.1) is 9.49 Å². The van der Waals surface area contributed by atoms with E-state index in [2.05, 4.69) is 56.7 Å². The number of ether oxygens (including phenoxy) is 2. The minimum Gasteiger partial charge on any atom is -0.378 e. The van der Waals surface area contributed by atoms with Crippen molar-refractivity contribution in [1.82, 2.24) is 0 Å². The van der Waals surface area contributed by atoms with Gasteiger partial charge in [-0.05, 0) is 65.1 Å². The molecule has 3 rings (SSSR count). The van der Waals surface area contributed by atoms with E-state index in [-0.39, 0.29) is 11.6 Å². The highest BCUT2D eigenvalue weighted by Gasteiger charge is 2.42. The summed E-state index contributed by atoms with van der Waals surface area (Å²) in [5.41, 5.74) is 7.73. The Morgan fingerprint density at radius 3 is 3.00 bits per heavy atom. The molecule has 2 saturated heterocycles. The fourth-order valence-corrected chi connectivity index (χ4v) is 4.33. The summed E-state index contributed by atoms with van der Waals surface area (Å²) in [6, 6.07) is 6.41. The SMILES string of the molecule is NC(c1cc(Br)ccc1I)C1CCOC2(CCOC2)C1. The van der Waals surface area contributed by atoms with Crippen LogP contribution in [0.5, 0.6) is 0 Å². The summed E-state index contributed by atoms with van der Waals surface area (Å²) in [6.45, 7) is 2.34. The van der Waals surface area contributed by atoms with Gasteiger partial charge in [0.25, 0.3) is 0 Å². The normalized spacial score (nSPS) is 31.6. The van der Waals surface area contributed by atoms with Gasteiger partial charge in [0.05, 0.1) is 12.2 Å². The van der Waals surface area contributed by atoms with Gasteiger partial charge < -0.3 is 15.2 Å². The lowest BCUT2D eigenvalue weighted by molar-refractivity contribution is -0.101. The molecule has 5 heteroatoms. The van der Waals surface area contributed by atoms with Gasteiger partial charge in [-0.3, -0.25) is 0 Å². The van der Waals surface area contributed by atoms with Gasteiger partial charge in [-0.15, -0.1) is 0 Å².